The zero-order valence-corrected chi connectivity index (χ0v) is 10.4. The Labute approximate surface area is 107 Å². The number of rotatable bonds is 5. The van der Waals surface area contributed by atoms with E-state index >= 15 is 0 Å². The molecule has 0 bridgehead atoms. The van der Waals surface area contributed by atoms with E-state index in [0.717, 1.165) is 38.3 Å². The third kappa shape index (κ3) is 3.74. The van der Waals surface area contributed by atoms with Gasteiger partial charge in [0.2, 0.25) is 0 Å². The molecule has 0 saturated carbocycles. The zero-order valence-electron chi connectivity index (χ0n) is 10.4. The maximum absolute atomic E-state index is 11.0. The quantitative estimate of drug-likeness (QED) is 0.867. The van der Waals surface area contributed by atoms with E-state index < -0.39 is 5.97 Å². The predicted molar refractivity (Wildman–Crippen MR) is 69.8 cm³/mol. The zero-order chi connectivity index (χ0) is 12.8. The van der Waals surface area contributed by atoms with Crippen LogP contribution in [0.5, 0.6) is 0 Å². The standard InChI is InChI=1S/C14H19NO3/c16-14(17)11-15(13-4-2-1-3-5-13)10-12-6-8-18-9-7-12/h1-5,12H,6-11H2,(H,16,17). The number of benzene rings is 1. The Morgan fingerprint density at radius 3 is 2.56 bits per heavy atom. The van der Waals surface area contributed by atoms with Gasteiger partial charge in [0.1, 0.15) is 6.54 Å². The van der Waals surface area contributed by atoms with Crippen LogP contribution in [0.1, 0.15) is 12.8 Å². The van der Waals surface area contributed by atoms with Gasteiger partial charge in [0.05, 0.1) is 0 Å². The van der Waals surface area contributed by atoms with Gasteiger partial charge in [-0.05, 0) is 30.9 Å². The van der Waals surface area contributed by atoms with Crippen LogP contribution in [0.3, 0.4) is 0 Å². The predicted octanol–water partition coefficient (Wildman–Crippen LogP) is 2.00. The molecule has 0 unspecified atom stereocenters. The van der Waals surface area contributed by atoms with Crippen LogP contribution in [0, 0.1) is 5.92 Å². The van der Waals surface area contributed by atoms with Gasteiger partial charge in [0.15, 0.2) is 0 Å². The van der Waals surface area contributed by atoms with Crippen molar-refractivity contribution in [1.29, 1.82) is 0 Å². The van der Waals surface area contributed by atoms with Gasteiger partial charge in [-0.15, -0.1) is 0 Å². The highest BCUT2D eigenvalue weighted by Crippen LogP contribution is 2.20. The van der Waals surface area contributed by atoms with E-state index in [2.05, 4.69) is 0 Å². The van der Waals surface area contributed by atoms with Gasteiger partial charge in [-0.1, -0.05) is 18.2 Å². The van der Waals surface area contributed by atoms with Gasteiger partial charge < -0.3 is 14.7 Å². The van der Waals surface area contributed by atoms with Gasteiger partial charge in [0, 0.05) is 25.4 Å². The average molecular weight is 249 g/mol. The van der Waals surface area contributed by atoms with Crippen LogP contribution >= 0.6 is 0 Å². The van der Waals surface area contributed by atoms with Crippen LogP contribution in [0.15, 0.2) is 30.3 Å². The monoisotopic (exact) mass is 249 g/mol. The molecule has 18 heavy (non-hydrogen) atoms. The van der Waals surface area contributed by atoms with E-state index in [0.29, 0.717) is 5.92 Å². The molecule has 98 valence electrons. The molecule has 4 nitrogen and oxygen atoms in total. The summed E-state index contributed by atoms with van der Waals surface area (Å²) in [5.74, 6) is -0.260. The molecule has 1 N–H and O–H groups in total. The van der Waals surface area contributed by atoms with E-state index in [4.69, 9.17) is 9.84 Å². The van der Waals surface area contributed by atoms with Crippen molar-refractivity contribution in [3.05, 3.63) is 30.3 Å². The van der Waals surface area contributed by atoms with Crippen LogP contribution in [-0.4, -0.2) is 37.4 Å². The first-order chi connectivity index (χ1) is 8.75. The summed E-state index contributed by atoms with van der Waals surface area (Å²) in [4.78, 5) is 12.9. The van der Waals surface area contributed by atoms with Crippen LogP contribution in [0.25, 0.3) is 0 Å². The van der Waals surface area contributed by atoms with Crippen molar-refractivity contribution in [3.8, 4) is 0 Å². The molecule has 0 spiro atoms. The number of hydrogen-bond acceptors (Lipinski definition) is 3. The molecule has 0 aliphatic carbocycles. The minimum Gasteiger partial charge on any atom is -0.480 e. The lowest BCUT2D eigenvalue weighted by molar-refractivity contribution is -0.135. The Morgan fingerprint density at radius 1 is 1.28 bits per heavy atom. The molecule has 1 heterocycles. The summed E-state index contributed by atoms with van der Waals surface area (Å²) in [5.41, 5.74) is 0.978. The molecule has 4 heteroatoms. The molecule has 0 atom stereocenters. The van der Waals surface area contributed by atoms with Crippen LogP contribution in [0.4, 0.5) is 5.69 Å². The molecule has 0 radical (unpaired) electrons. The Kier molecular flexibility index (Phi) is 4.59. The van der Waals surface area contributed by atoms with Crippen molar-refractivity contribution < 1.29 is 14.6 Å². The molecule has 2 rings (SSSR count). The highest BCUT2D eigenvalue weighted by Gasteiger charge is 2.19. The second-order valence-corrected chi connectivity index (χ2v) is 4.67. The van der Waals surface area contributed by atoms with E-state index in [1.165, 1.54) is 0 Å². The summed E-state index contributed by atoms with van der Waals surface area (Å²) in [6.07, 6.45) is 2.03. The highest BCUT2D eigenvalue weighted by molar-refractivity contribution is 5.73. The molecule has 1 aromatic carbocycles. The highest BCUT2D eigenvalue weighted by atomic mass is 16.5. The summed E-state index contributed by atoms with van der Waals surface area (Å²) < 4.78 is 5.33. The Bertz CT molecular complexity index is 374. The van der Waals surface area contributed by atoms with Crippen molar-refractivity contribution in [2.45, 2.75) is 12.8 Å². The van der Waals surface area contributed by atoms with Crippen molar-refractivity contribution >= 4 is 11.7 Å². The number of carboxylic acids is 1. The van der Waals surface area contributed by atoms with Crippen LogP contribution in [0.2, 0.25) is 0 Å². The molecule has 1 aliphatic rings. The van der Waals surface area contributed by atoms with Crippen molar-refractivity contribution in [3.63, 3.8) is 0 Å². The number of carboxylic acid groups (broad SMARTS) is 1. The summed E-state index contributed by atoms with van der Waals surface area (Å²) >= 11 is 0. The Morgan fingerprint density at radius 2 is 1.94 bits per heavy atom. The maximum Gasteiger partial charge on any atom is 0.323 e. The smallest absolute Gasteiger partial charge is 0.323 e. The largest absolute Gasteiger partial charge is 0.480 e. The lowest BCUT2D eigenvalue weighted by Gasteiger charge is -2.30. The first kappa shape index (κ1) is 12.9. The van der Waals surface area contributed by atoms with Gasteiger partial charge in [-0.3, -0.25) is 4.79 Å². The van der Waals surface area contributed by atoms with Crippen LogP contribution < -0.4 is 4.90 Å². The molecule has 0 aromatic heterocycles. The van der Waals surface area contributed by atoms with Crippen molar-refractivity contribution in [2.24, 2.45) is 5.92 Å². The SMILES string of the molecule is O=C(O)CN(CC1CCOCC1)c1ccccc1. The van der Waals surface area contributed by atoms with Gasteiger partial charge in [-0.25, -0.2) is 0 Å². The molecule has 1 aliphatic heterocycles. The Hall–Kier alpha value is -1.55. The van der Waals surface area contributed by atoms with Crippen molar-refractivity contribution in [2.75, 3.05) is 31.2 Å². The first-order valence-electron chi connectivity index (χ1n) is 6.35. The second-order valence-electron chi connectivity index (χ2n) is 4.67. The number of aliphatic carboxylic acids is 1. The fourth-order valence-electron chi connectivity index (χ4n) is 2.30. The number of anilines is 1. The first-order valence-corrected chi connectivity index (χ1v) is 6.35. The topological polar surface area (TPSA) is 49.8 Å². The van der Waals surface area contributed by atoms with Gasteiger partial charge in [0.25, 0.3) is 0 Å². The molecule has 1 aromatic rings. The molecule has 1 saturated heterocycles. The lowest BCUT2D eigenvalue weighted by Crippen LogP contribution is -2.36. The molecule has 0 amide bonds. The maximum atomic E-state index is 11.0. The van der Waals surface area contributed by atoms with E-state index in [1.54, 1.807) is 0 Å². The fourth-order valence-corrected chi connectivity index (χ4v) is 2.30. The third-order valence-electron chi connectivity index (χ3n) is 3.27. The fraction of sp³-hybridized carbons (Fsp3) is 0.500. The molecule has 1 fully saturated rings. The van der Waals surface area contributed by atoms with Crippen molar-refractivity contribution in [1.82, 2.24) is 0 Å². The molecular formula is C14H19NO3. The lowest BCUT2D eigenvalue weighted by atomic mass is 9.99. The third-order valence-corrected chi connectivity index (χ3v) is 3.27. The number of carbonyl (C=O) groups is 1. The average Bonchev–Trinajstić information content (AvgIpc) is 2.40. The van der Waals surface area contributed by atoms with Crippen LogP contribution in [-0.2, 0) is 9.53 Å². The minimum absolute atomic E-state index is 0.0569. The number of nitrogens with zero attached hydrogens (tertiary/aromatic N) is 1. The number of hydrogen-bond donors (Lipinski definition) is 1. The number of ether oxygens (including phenoxy) is 1. The van der Waals surface area contributed by atoms with E-state index in [9.17, 15) is 4.79 Å². The Balaban J connectivity index is 2.02. The summed E-state index contributed by atoms with van der Waals surface area (Å²) in [6.45, 7) is 2.43. The second kappa shape index (κ2) is 6.40. The molecular weight excluding hydrogens is 230 g/mol. The summed E-state index contributed by atoms with van der Waals surface area (Å²) in [5, 5.41) is 9.01. The number of para-hydroxylation sites is 1. The minimum atomic E-state index is -0.786. The summed E-state index contributed by atoms with van der Waals surface area (Å²) in [6, 6.07) is 9.74. The summed E-state index contributed by atoms with van der Waals surface area (Å²) in [7, 11) is 0. The van der Waals surface area contributed by atoms with Gasteiger partial charge in [-0.2, -0.15) is 0 Å². The van der Waals surface area contributed by atoms with E-state index in [-0.39, 0.29) is 6.54 Å². The normalized spacial score (nSPS) is 16.4. The van der Waals surface area contributed by atoms with Gasteiger partial charge >= 0.3 is 5.97 Å². The van der Waals surface area contributed by atoms with E-state index in [1.807, 2.05) is 35.2 Å².